The van der Waals surface area contributed by atoms with Crippen molar-refractivity contribution in [3.8, 4) is 17.1 Å². The summed E-state index contributed by atoms with van der Waals surface area (Å²) < 4.78 is 15.3. The minimum absolute atomic E-state index is 0.116. The Morgan fingerprint density at radius 3 is 2.83 bits per heavy atom. The van der Waals surface area contributed by atoms with E-state index in [1.54, 1.807) is 24.3 Å². The van der Waals surface area contributed by atoms with Crippen LogP contribution in [0.2, 0.25) is 0 Å². The van der Waals surface area contributed by atoms with Crippen molar-refractivity contribution in [3.63, 3.8) is 0 Å². The summed E-state index contributed by atoms with van der Waals surface area (Å²) in [5, 5.41) is 11.2. The fourth-order valence-corrected chi connectivity index (χ4v) is 1.92. The third-order valence-electron chi connectivity index (χ3n) is 3.02. The van der Waals surface area contributed by atoms with Crippen LogP contribution in [0, 0.1) is 10.1 Å². The molecule has 24 heavy (non-hydrogen) atoms. The van der Waals surface area contributed by atoms with Crippen LogP contribution in [-0.4, -0.2) is 24.6 Å². The summed E-state index contributed by atoms with van der Waals surface area (Å²) in [6, 6.07) is 7.65. The van der Waals surface area contributed by atoms with Gasteiger partial charge in [-0.3, -0.25) is 10.1 Å². The minimum atomic E-state index is -0.539. The first kappa shape index (κ1) is 17.0. The first-order valence-corrected chi connectivity index (χ1v) is 6.93. The number of carbonyl (C=O) groups excluding carboxylic acids is 1. The molecule has 0 N–H and O–H groups in total. The molecule has 1 heterocycles. The third kappa shape index (κ3) is 4.10. The van der Waals surface area contributed by atoms with Gasteiger partial charge in [-0.15, -0.1) is 0 Å². The Morgan fingerprint density at radius 2 is 2.17 bits per heavy atom. The highest BCUT2D eigenvalue weighted by Crippen LogP contribution is 2.34. The summed E-state index contributed by atoms with van der Waals surface area (Å²) in [6.45, 7) is 3.55. The standard InChI is InChI=1S/C17H15NO6/c1-3-10-23-17(19)9-6-12-5-8-16(24-12)14-7-4-13(22-2)11-15(14)18(20)21/h3-9,11H,1,10H2,2H3/b9-6+. The normalized spacial score (nSPS) is 10.5. The Morgan fingerprint density at radius 1 is 1.38 bits per heavy atom. The number of hydrogen-bond acceptors (Lipinski definition) is 6. The van der Waals surface area contributed by atoms with E-state index in [9.17, 15) is 14.9 Å². The topological polar surface area (TPSA) is 91.8 Å². The van der Waals surface area contributed by atoms with Crippen molar-refractivity contribution in [1.82, 2.24) is 0 Å². The number of esters is 1. The number of ether oxygens (including phenoxy) is 2. The largest absolute Gasteiger partial charge is 0.497 e. The first-order valence-electron chi connectivity index (χ1n) is 6.93. The van der Waals surface area contributed by atoms with Crippen LogP contribution in [0.15, 0.2) is 53.5 Å². The average Bonchev–Trinajstić information content (AvgIpc) is 3.06. The van der Waals surface area contributed by atoms with Crippen LogP contribution < -0.4 is 4.74 Å². The molecule has 0 unspecified atom stereocenters. The Kier molecular flexibility index (Phi) is 5.51. The number of rotatable bonds is 7. The first-order chi connectivity index (χ1) is 11.5. The number of carbonyl (C=O) groups is 1. The van der Waals surface area contributed by atoms with E-state index in [0.29, 0.717) is 22.8 Å². The number of hydrogen-bond donors (Lipinski definition) is 0. The average molecular weight is 329 g/mol. The number of furan rings is 1. The lowest BCUT2D eigenvalue weighted by atomic mass is 10.1. The maximum atomic E-state index is 11.4. The smallest absolute Gasteiger partial charge is 0.331 e. The summed E-state index contributed by atoms with van der Waals surface area (Å²) in [4.78, 5) is 22.1. The zero-order valence-electron chi connectivity index (χ0n) is 12.9. The molecule has 0 saturated carbocycles. The third-order valence-corrected chi connectivity index (χ3v) is 3.02. The molecule has 0 aliphatic heterocycles. The minimum Gasteiger partial charge on any atom is -0.497 e. The Balaban J connectivity index is 2.24. The van der Waals surface area contributed by atoms with Crippen LogP contribution in [0.4, 0.5) is 5.69 Å². The van der Waals surface area contributed by atoms with Crippen LogP contribution in [0.25, 0.3) is 17.4 Å². The summed E-state index contributed by atoms with van der Waals surface area (Å²) >= 11 is 0. The molecule has 2 rings (SSSR count). The molecule has 0 bridgehead atoms. The molecular weight excluding hydrogens is 314 g/mol. The van der Waals surface area contributed by atoms with E-state index in [0.717, 1.165) is 0 Å². The van der Waals surface area contributed by atoms with Crippen molar-refractivity contribution in [2.24, 2.45) is 0 Å². The van der Waals surface area contributed by atoms with Crippen molar-refractivity contribution < 1.29 is 23.6 Å². The predicted molar refractivity (Wildman–Crippen MR) is 87.5 cm³/mol. The van der Waals surface area contributed by atoms with Gasteiger partial charge in [-0.2, -0.15) is 0 Å². The molecule has 2 aromatic rings. The SMILES string of the molecule is C=CCOC(=O)/C=C/c1ccc(-c2ccc(OC)cc2[N+](=O)[O-])o1. The quantitative estimate of drug-likeness (QED) is 0.253. The molecule has 0 amide bonds. The maximum Gasteiger partial charge on any atom is 0.331 e. The van der Waals surface area contributed by atoms with Crippen molar-refractivity contribution in [3.05, 3.63) is 64.9 Å². The lowest BCUT2D eigenvalue weighted by Crippen LogP contribution is -1.99. The lowest BCUT2D eigenvalue weighted by Gasteiger charge is -2.03. The summed E-state index contributed by atoms with van der Waals surface area (Å²) in [5.41, 5.74) is 0.180. The van der Waals surface area contributed by atoms with Gasteiger partial charge in [-0.25, -0.2) is 4.79 Å². The van der Waals surface area contributed by atoms with E-state index in [4.69, 9.17) is 13.9 Å². The van der Waals surface area contributed by atoms with E-state index in [-0.39, 0.29) is 12.3 Å². The zero-order valence-corrected chi connectivity index (χ0v) is 12.9. The van der Waals surface area contributed by atoms with Gasteiger partial charge in [0.2, 0.25) is 0 Å². The Bertz CT molecular complexity index is 790. The Labute approximate surface area is 137 Å². The van der Waals surface area contributed by atoms with Gasteiger partial charge in [0.1, 0.15) is 23.9 Å². The molecule has 0 spiro atoms. The molecule has 0 aliphatic rings. The second-order valence-electron chi connectivity index (χ2n) is 4.59. The summed E-state index contributed by atoms with van der Waals surface area (Å²) in [6.07, 6.45) is 4.08. The highest BCUT2D eigenvalue weighted by Gasteiger charge is 2.19. The number of nitro groups is 1. The molecule has 1 aromatic heterocycles. The van der Waals surface area contributed by atoms with E-state index in [1.165, 1.54) is 31.4 Å². The molecule has 0 aliphatic carbocycles. The predicted octanol–water partition coefficient (Wildman–Crippen LogP) is 3.61. The summed E-state index contributed by atoms with van der Waals surface area (Å²) in [7, 11) is 1.43. The highest BCUT2D eigenvalue weighted by molar-refractivity contribution is 5.86. The van der Waals surface area contributed by atoms with Crippen molar-refractivity contribution in [1.29, 1.82) is 0 Å². The number of benzene rings is 1. The van der Waals surface area contributed by atoms with E-state index in [2.05, 4.69) is 6.58 Å². The second-order valence-corrected chi connectivity index (χ2v) is 4.59. The molecule has 7 heteroatoms. The van der Waals surface area contributed by atoms with Gasteiger partial charge in [0.05, 0.1) is 23.7 Å². The fraction of sp³-hybridized carbons (Fsp3) is 0.118. The van der Waals surface area contributed by atoms with Crippen LogP contribution in [0.5, 0.6) is 5.75 Å². The van der Waals surface area contributed by atoms with Crippen molar-refractivity contribution in [2.75, 3.05) is 13.7 Å². The van der Waals surface area contributed by atoms with E-state index in [1.807, 2.05) is 0 Å². The van der Waals surface area contributed by atoms with Crippen LogP contribution in [-0.2, 0) is 9.53 Å². The molecule has 0 saturated heterocycles. The van der Waals surface area contributed by atoms with Crippen LogP contribution in [0.3, 0.4) is 0 Å². The molecular formula is C17H15NO6. The second kappa shape index (κ2) is 7.77. The van der Waals surface area contributed by atoms with Crippen LogP contribution >= 0.6 is 0 Å². The van der Waals surface area contributed by atoms with Gasteiger partial charge in [-0.05, 0) is 30.3 Å². The number of nitro benzene ring substituents is 1. The van der Waals surface area contributed by atoms with Crippen LogP contribution in [0.1, 0.15) is 5.76 Å². The van der Waals surface area contributed by atoms with Gasteiger partial charge in [-0.1, -0.05) is 12.7 Å². The van der Waals surface area contributed by atoms with Gasteiger partial charge in [0.15, 0.2) is 0 Å². The fourth-order valence-electron chi connectivity index (χ4n) is 1.92. The van der Waals surface area contributed by atoms with Gasteiger partial charge in [0.25, 0.3) is 5.69 Å². The summed E-state index contributed by atoms with van der Waals surface area (Å²) in [5.74, 6) is 0.513. The molecule has 7 nitrogen and oxygen atoms in total. The van der Waals surface area contributed by atoms with Gasteiger partial charge < -0.3 is 13.9 Å². The van der Waals surface area contributed by atoms with Crippen molar-refractivity contribution >= 4 is 17.7 Å². The van der Waals surface area contributed by atoms with E-state index < -0.39 is 10.9 Å². The molecule has 1 aromatic carbocycles. The lowest BCUT2D eigenvalue weighted by molar-refractivity contribution is -0.384. The molecule has 0 radical (unpaired) electrons. The van der Waals surface area contributed by atoms with Crippen molar-refractivity contribution in [2.45, 2.75) is 0 Å². The molecule has 0 atom stereocenters. The maximum absolute atomic E-state index is 11.4. The van der Waals surface area contributed by atoms with Gasteiger partial charge in [0, 0.05) is 6.08 Å². The molecule has 0 fully saturated rings. The zero-order chi connectivity index (χ0) is 17.5. The monoisotopic (exact) mass is 329 g/mol. The molecule has 124 valence electrons. The van der Waals surface area contributed by atoms with E-state index >= 15 is 0 Å². The Hall–Kier alpha value is -3.35. The highest BCUT2D eigenvalue weighted by atomic mass is 16.6. The number of nitrogens with zero attached hydrogens (tertiary/aromatic N) is 1. The number of methoxy groups -OCH3 is 1. The van der Waals surface area contributed by atoms with Gasteiger partial charge >= 0.3 is 5.97 Å².